The van der Waals surface area contributed by atoms with Gasteiger partial charge in [0, 0.05) is 0 Å². The van der Waals surface area contributed by atoms with Crippen molar-refractivity contribution in [3.05, 3.63) is 41.0 Å². The number of rotatable bonds is 5. The van der Waals surface area contributed by atoms with Gasteiger partial charge in [-0.3, -0.25) is 0 Å². The molecular weight excluding hydrogens is 196 g/mol. The van der Waals surface area contributed by atoms with E-state index in [4.69, 9.17) is 4.74 Å². The second-order valence-corrected chi connectivity index (χ2v) is 4.11. The molecule has 0 aromatic heterocycles. The molecule has 0 atom stereocenters. The number of ether oxygens (including phenoxy) is 1. The topological polar surface area (TPSA) is 9.23 Å². The summed E-state index contributed by atoms with van der Waals surface area (Å²) in [7, 11) is 0. The van der Waals surface area contributed by atoms with Crippen LogP contribution in [0.3, 0.4) is 0 Å². The highest BCUT2D eigenvalue weighted by Gasteiger charge is 2.07. The van der Waals surface area contributed by atoms with Crippen molar-refractivity contribution in [3.8, 4) is 5.75 Å². The third kappa shape index (κ3) is 3.41. The van der Waals surface area contributed by atoms with Gasteiger partial charge in [-0.2, -0.15) is 0 Å². The van der Waals surface area contributed by atoms with Gasteiger partial charge in [0.15, 0.2) is 0 Å². The van der Waals surface area contributed by atoms with Crippen LogP contribution in [-0.4, -0.2) is 6.61 Å². The summed E-state index contributed by atoms with van der Waals surface area (Å²) in [4.78, 5) is 0. The smallest absolute Gasteiger partial charge is 0.125 e. The molecule has 0 aliphatic carbocycles. The molecule has 0 fully saturated rings. The second kappa shape index (κ2) is 6.37. The van der Waals surface area contributed by atoms with E-state index >= 15 is 0 Å². The Morgan fingerprint density at radius 1 is 1.25 bits per heavy atom. The van der Waals surface area contributed by atoms with Crippen LogP contribution in [0.25, 0.3) is 0 Å². The van der Waals surface area contributed by atoms with E-state index in [1.165, 1.54) is 16.7 Å². The highest BCUT2D eigenvalue weighted by Crippen LogP contribution is 2.26. The van der Waals surface area contributed by atoms with Crippen LogP contribution in [0.2, 0.25) is 0 Å². The second-order valence-electron chi connectivity index (χ2n) is 4.11. The quantitative estimate of drug-likeness (QED) is 0.673. The highest BCUT2D eigenvalue weighted by atomic mass is 16.5. The summed E-state index contributed by atoms with van der Waals surface area (Å²) in [6, 6.07) is 4.42. The Bertz CT molecular complexity index is 364. The lowest BCUT2D eigenvalue weighted by Crippen LogP contribution is -2.00. The molecule has 1 aromatic carbocycles. The maximum absolute atomic E-state index is 5.73. The fourth-order valence-electron chi connectivity index (χ4n) is 1.98. The molecule has 0 aliphatic heterocycles. The third-order valence-corrected chi connectivity index (χ3v) is 2.60. The van der Waals surface area contributed by atoms with Crippen molar-refractivity contribution in [3.63, 3.8) is 0 Å². The van der Waals surface area contributed by atoms with E-state index < -0.39 is 0 Å². The van der Waals surface area contributed by atoms with Crippen LogP contribution in [0, 0.1) is 13.8 Å². The first-order valence-corrected chi connectivity index (χ1v) is 6.03. The third-order valence-electron chi connectivity index (χ3n) is 2.60. The van der Waals surface area contributed by atoms with Crippen LogP contribution < -0.4 is 4.74 Å². The van der Waals surface area contributed by atoms with Gasteiger partial charge in [0.05, 0.1) is 6.61 Å². The molecule has 1 rings (SSSR count). The normalized spacial score (nSPS) is 11.0. The van der Waals surface area contributed by atoms with Crippen molar-refractivity contribution < 1.29 is 4.74 Å². The van der Waals surface area contributed by atoms with Crippen molar-refractivity contribution >= 4 is 0 Å². The Morgan fingerprint density at radius 3 is 2.62 bits per heavy atom. The SMILES string of the molecule is C/C=C\CCc1cc(C)cc(C)c1OCC. The first-order chi connectivity index (χ1) is 7.69. The summed E-state index contributed by atoms with van der Waals surface area (Å²) < 4.78 is 5.73. The number of hydrogen-bond donors (Lipinski definition) is 0. The molecule has 0 bridgehead atoms. The Hall–Kier alpha value is -1.24. The van der Waals surface area contributed by atoms with E-state index in [0.717, 1.165) is 25.2 Å². The number of aryl methyl sites for hydroxylation is 3. The van der Waals surface area contributed by atoms with Gasteiger partial charge in [0.1, 0.15) is 5.75 Å². The van der Waals surface area contributed by atoms with E-state index in [1.54, 1.807) is 0 Å². The molecule has 0 heterocycles. The van der Waals surface area contributed by atoms with Gasteiger partial charge >= 0.3 is 0 Å². The summed E-state index contributed by atoms with van der Waals surface area (Å²) >= 11 is 0. The first kappa shape index (κ1) is 12.8. The Balaban J connectivity index is 2.93. The van der Waals surface area contributed by atoms with Gasteiger partial charge in [-0.15, -0.1) is 0 Å². The zero-order chi connectivity index (χ0) is 12.0. The predicted octanol–water partition coefficient (Wildman–Crippen LogP) is 4.21. The van der Waals surface area contributed by atoms with Gasteiger partial charge < -0.3 is 4.74 Å². The lowest BCUT2D eigenvalue weighted by molar-refractivity contribution is 0.334. The van der Waals surface area contributed by atoms with E-state index in [-0.39, 0.29) is 0 Å². The molecule has 1 nitrogen and oxygen atoms in total. The highest BCUT2D eigenvalue weighted by molar-refractivity contribution is 5.44. The lowest BCUT2D eigenvalue weighted by Gasteiger charge is -2.13. The summed E-state index contributed by atoms with van der Waals surface area (Å²) in [6.07, 6.45) is 6.44. The molecule has 88 valence electrons. The Morgan fingerprint density at radius 2 is 2.00 bits per heavy atom. The molecule has 0 unspecified atom stereocenters. The minimum atomic E-state index is 0.737. The molecule has 1 heteroatoms. The molecular formula is C15H22O. The molecule has 0 aliphatic rings. The molecule has 0 spiro atoms. The van der Waals surface area contributed by atoms with Crippen molar-refractivity contribution in [2.75, 3.05) is 6.61 Å². The van der Waals surface area contributed by atoms with Crippen LogP contribution in [0.15, 0.2) is 24.3 Å². The van der Waals surface area contributed by atoms with Crippen LogP contribution in [-0.2, 0) is 6.42 Å². The molecule has 0 amide bonds. The standard InChI is InChI=1S/C15H22O/c1-5-7-8-9-14-11-12(3)10-13(4)15(14)16-6-2/h5,7,10-11H,6,8-9H2,1-4H3/b7-5-. The van der Waals surface area contributed by atoms with Gasteiger partial charge in [0.25, 0.3) is 0 Å². The minimum Gasteiger partial charge on any atom is -0.493 e. The van der Waals surface area contributed by atoms with E-state index in [1.807, 2.05) is 6.92 Å². The van der Waals surface area contributed by atoms with E-state index in [2.05, 4.69) is 45.1 Å². The van der Waals surface area contributed by atoms with Crippen molar-refractivity contribution in [1.29, 1.82) is 0 Å². The van der Waals surface area contributed by atoms with Gasteiger partial charge in [-0.1, -0.05) is 29.8 Å². The maximum atomic E-state index is 5.73. The number of benzene rings is 1. The summed E-state index contributed by atoms with van der Waals surface area (Å²) in [5, 5.41) is 0. The molecule has 0 saturated heterocycles. The van der Waals surface area contributed by atoms with E-state index in [0.29, 0.717) is 0 Å². The fourth-order valence-corrected chi connectivity index (χ4v) is 1.98. The Kier molecular flexibility index (Phi) is 5.10. The zero-order valence-corrected chi connectivity index (χ0v) is 10.8. The molecule has 0 saturated carbocycles. The summed E-state index contributed by atoms with van der Waals surface area (Å²) in [5.41, 5.74) is 3.89. The van der Waals surface area contributed by atoms with Crippen molar-refractivity contribution in [2.45, 2.75) is 40.5 Å². The average molecular weight is 218 g/mol. The minimum absolute atomic E-state index is 0.737. The molecule has 0 N–H and O–H groups in total. The number of hydrogen-bond acceptors (Lipinski definition) is 1. The summed E-state index contributed by atoms with van der Waals surface area (Å²) in [5.74, 6) is 1.08. The molecule has 16 heavy (non-hydrogen) atoms. The van der Waals surface area contributed by atoms with Gasteiger partial charge in [0.2, 0.25) is 0 Å². The average Bonchev–Trinajstić information content (AvgIpc) is 2.23. The van der Waals surface area contributed by atoms with Gasteiger partial charge in [-0.05, 0) is 51.7 Å². The zero-order valence-electron chi connectivity index (χ0n) is 10.8. The Labute approximate surface area is 99.1 Å². The maximum Gasteiger partial charge on any atom is 0.125 e. The van der Waals surface area contributed by atoms with Crippen LogP contribution in [0.5, 0.6) is 5.75 Å². The monoisotopic (exact) mass is 218 g/mol. The van der Waals surface area contributed by atoms with Gasteiger partial charge in [-0.25, -0.2) is 0 Å². The molecule has 1 aromatic rings. The number of allylic oxidation sites excluding steroid dienone is 2. The van der Waals surface area contributed by atoms with Crippen molar-refractivity contribution in [1.82, 2.24) is 0 Å². The largest absolute Gasteiger partial charge is 0.493 e. The van der Waals surface area contributed by atoms with E-state index in [9.17, 15) is 0 Å². The molecule has 0 radical (unpaired) electrons. The predicted molar refractivity (Wildman–Crippen MR) is 70.2 cm³/mol. The first-order valence-electron chi connectivity index (χ1n) is 6.03. The fraction of sp³-hybridized carbons (Fsp3) is 0.467. The van der Waals surface area contributed by atoms with Crippen LogP contribution in [0.4, 0.5) is 0 Å². The summed E-state index contributed by atoms with van der Waals surface area (Å²) in [6.45, 7) is 9.10. The lowest BCUT2D eigenvalue weighted by atomic mass is 10.0. The van der Waals surface area contributed by atoms with Crippen LogP contribution >= 0.6 is 0 Å². The van der Waals surface area contributed by atoms with Crippen LogP contribution in [0.1, 0.15) is 37.0 Å². The van der Waals surface area contributed by atoms with Crippen molar-refractivity contribution in [2.24, 2.45) is 0 Å².